The van der Waals surface area contributed by atoms with Crippen LogP contribution in [0, 0.1) is 11.3 Å². The van der Waals surface area contributed by atoms with Crippen molar-refractivity contribution in [1.29, 1.82) is 0 Å². The lowest BCUT2D eigenvalue weighted by atomic mass is 9.78. The molecule has 0 aromatic carbocycles. The predicted molar refractivity (Wildman–Crippen MR) is 78.1 cm³/mol. The van der Waals surface area contributed by atoms with Gasteiger partial charge in [-0.3, -0.25) is 4.79 Å². The summed E-state index contributed by atoms with van der Waals surface area (Å²) in [5.41, 5.74) is 0.357. The molecule has 1 fully saturated rings. The minimum atomic E-state index is 0.103. The third-order valence-electron chi connectivity index (χ3n) is 3.93. The number of amides is 1. The first-order chi connectivity index (χ1) is 9.08. The van der Waals surface area contributed by atoms with E-state index in [1.54, 1.807) is 7.11 Å². The summed E-state index contributed by atoms with van der Waals surface area (Å²) in [7, 11) is 1.66. The van der Waals surface area contributed by atoms with Gasteiger partial charge >= 0.3 is 0 Å². The number of hydrogen-bond donors (Lipinski definition) is 2. The van der Waals surface area contributed by atoms with Crippen LogP contribution in [0.3, 0.4) is 0 Å². The number of carbonyl (C=O) groups excluding carboxylic acids is 1. The summed E-state index contributed by atoms with van der Waals surface area (Å²) in [6.07, 6.45) is 6.39. The van der Waals surface area contributed by atoms with Crippen molar-refractivity contribution in [3.05, 3.63) is 0 Å². The van der Waals surface area contributed by atoms with E-state index in [1.165, 1.54) is 32.1 Å². The number of ether oxygens (including phenoxy) is 1. The fourth-order valence-electron chi connectivity index (χ4n) is 3.17. The first-order valence-corrected chi connectivity index (χ1v) is 7.54. The smallest absolute Gasteiger partial charge is 0.233 e. The Morgan fingerprint density at radius 3 is 2.58 bits per heavy atom. The van der Waals surface area contributed by atoms with Crippen LogP contribution in [0.2, 0.25) is 0 Å². The summed E-state index contributed by atoms with van der Waals surface area (Å²) in [6.45, 7) is 7.14. The Labute approximate surface area is 117 Å². The van der Waals surface area contributed by atoms with Gasteiger partial charge < -0.3 is 15.4 Å². The summed E-state index contributed by atoms with van der Waals surface area (Å²) in [5, 5.41) is 6.18. The first-order valence-electron chi connectivity index (χ1n) is 7.54. The topological polar surface area (TPSA) is 50.4 Å². The van der Waals surface area contributed by atoms with Crippen LogP contribution in [0.5, 0.6) is 0 Å². The van der Waals surface area contributed by atoms with Crippen LogP contribution in [0.4, 0.5) is 0 Å². The van der Waals surface area contributed by atoms with Crippen molar-refractivity contribution in [3.63, 3.8) is 0 Å². The van der Waals surface area contributed by atoms with Crippen molar-refractivity contribution < 1.29 is 9.53 Å². The summed E-state index contributed by atoms with van der Waals surface area (Å²) >= 11 is 0. The first kappa shape index (κ1) is 16.4. The zero-order valence-electron chi connectivity index (χ0n) is 12.8. The third-order valence-corrected chi connectivity index (χ3v) is 3.93. The summed E-state index contributed by atoms with van der Waals surface area (Å²) in [4.78, 5) is 11.8. The molecule has 112 valence electrons. The predicted octanol–water partition coefficient (Wildman–Crippen LogP) is 1.95. The molecule has 0 radical (unpaired) electrons. The van der Waals surface area contributed by atoms with Crippen LogP contribution in [0.15, 0.2) is 0 Å². The molecule has 4 nitrogen and oxygen atoms in total. The zero-order chi connectivity index (χ0) is 14.1. The van der Waals surface area contributed by atoms with Gasteiger partial charge in [-0.05, 0) is 30.6 Å². The Morgan fingerprint density at radius 2 is 2.00 bits per heavy atom. The van der Waals surface area contributed by atoms with Gasteiger partial charge in [-0.25, -0.2) is 0 Å². The van der Waals surface area contributed by atoms with E-state index < -0.39 is 0 Å². The molecule has 0 saturated heterocycles. The molecule has 0 unspecified atom stereocenters. The van der Waals surface area contributed by atoms with Crippen LogP contribution in [-0.2, 0) is 9.53 Å². The molecule has 1 saturated carbocycles. The molecular weight excluding hydrogens is 240 g/mol. The van der Waals surface area contributed by atoms with E-state index in [4.69, 9.17) is 4.74 Å². The number of rotatable bonds is 9. The highest BCUT2D eigenvalue weighted by Gasteiger charge is 2.34. The largest absolute Gasteiger partial charge is 0.383 e. The van der Waals surface area contributed by atoms with E-state index in [2.05, 4.69) is 24.5 Å². The van der Waals surface area contributed by atoms with Crippen LogP contribution in [0.1, 0.15) is 46.0 Å². The Bertz CT molecular complexity index is 261. The average Bonchev–Trinajstić information content (AvgIpc) is 2.80. The normalized spacial score (nSPS) is 17.9. The SMILES string of the molecule is COCCNCC(=O)NCC1(CC(C)C)CCCC1. The molecular formula is C15H30N2O2. The minimum absolute atomic E-state index is 0.103. The second-order valence-corrected chi connectivity index (χ2v) is 6.25. The molecule has 1 aliphatic carbocycles. The molecule has 0 aliphatic heterocycles. The van der Waals surface area contributed by atoms with Crippen molar-refractivity contribution in [2.24, 2.45) is 11.3 Å². The third kappa shape index (κ3) is 6.39. The minimum Gasteiger partial charge on any atom is -0.383 e. The van der Waals surface area contributed by atoms with E-state index in [0.29, 0.717) is 24.5 Å². The van der Waals surface area contributed by atoms with Crippen molar-refractivity contribution in [2.45, 2.75) is 46.0 Å². The lowest BCUT2D eigenvalue weighted by Crippen LogP contribution is -2.41. The molecule has 4 heteroatoms. The standard InChI is InChI=1S/C15H30N2O2/c1-13(2)10-15(6-4-5-7-15)12-17-14(18)11-16-8-9-19-3/h13,16H,4-12H2,1-3H3,(H,17,18). The fraction of sp³-hybridized carbons (Fsp3) is 0.933. The molecule has 1 amide bonds. The second kappa shape index (κ2) is 8.54. The van der Waals surface area contributed by atoms with Crippen LogP contribution < -0.4 is 10.6 Å². The van der Waals surface area contributed by atoms with Crippen molar-refractivity contribution in [3.8, 4) is 0 Å². The maximum absolute atomic E-state index is 11.8. The molecule has 0 aromatic heterocycles. The molecule has 2 N–H and O–H groups in total. The van der Waals surface area contributed by atoms with Gasteiger partial charge in [0.25, 0.3) is 0 Å². The summed E-state index contributed by atoms with van der Waals surface area (Å²) < 4.78 is 4.93. The molecule has 0 atom stereocenters. The van der Waals surface area contributed by atoms with Gasteiger partial charge in [0.1, 0.15) is 0 Å². The van der Waals surface area contributed by atoms with E-state index >= 15 is 0 Å². The zero-order valence-corrected chi connectivity index (χ0v) is 12.8. The van der Waals surface area contributed by atoms with Crippen LogP contribution in [0.25, 0.3) is 0 Å². The average molecular weight is 270 g/mol. The Balaban J connectivity index is 2.26. The number of hydrogen-bond acceptors (Lipinski definition) is 3. The lowest BCUT2D eigenvalue weighted by molar-refractivity contribution is -0.120. The molecule has 0 aromatic rings. The maximum atomic E-state index is 11.8. The Kier molecular flexibility index (Phi) is 7.39. The Hall–Kier alpha value is -0.610. The summed E-state index contributed by atoms with van der Waals surface area (Å²) in [5.74, 6) is 0.806. The van der Waals surface area contributed by atoms with Gasteiger partial charge in [0.05, 0.1) is 13.2 Å². The van der Waals surface area contributed by atoms with Gasteiger partial charge in [-0.2, -0.15) is 0 Å². The Morgan fingerprint density at radius 1 is 1.32 bits per heavy atom. The number of nitrogens with one attached hydrogen (secondary N) is 2. The van der Waals surface area contributed by atoms with Gasteiger partial charge in [-0.15, -0.1) is 0 Å². The van der Waals surface area contributed by atoms with Crippen molar-refractivity contribution in [2.75, 3.05) is 33.4 Å². The fourth-order valence-corrected chi connectivity index (χ4v) is 3.17. The molecule has 1 rings (SSSR count). The molecule has 0 spiro atoms. The molecule has 19 heavy (non-hydrogen) atoms. The molecule has 0 heterocycles. The highest BCUT2D eigenvalue weighted by Crippen LogP contribution is 2.42. The van der Waals surface area contributed by atoms with E-state index in [-0.39, 0.29) is 5.91 Å². The summed E-state index contributed by atoms with van der Waals surface area (Å²) in [6, 6.07) is 0. The van der Waals surface area contributed by atoms with E-state index in [0.717, 1.165) is 13.1 Å². The highest BCUT2D eigenvalue weighted by molar-refractivity contribution is 5.78. The number of carbonyl (C=O) groups is 1. The lowest BCUT2D eigenvalue weighted by Gasteiger charge is -2.31. The quantitative estimate of drug-likeness (QED) is 0.630. The van der Waals surface area contributed by atoms with Gasteiger partial charge in [0.2, 0.25) is 5.91 Å². The molecule has 1 aliphatic rings. The molecule has 0 bridgehead atoms. The van der Waals surface area contributed by atoms with Crippen molar-refractivity contribution in [1.82, 2.24) is 10.6 Å². The van der Waals surface area contributed by atoms with Gasteiger partial charge in [0, 0.05) is 20.2 Å². The van der Waals surface area contributed by atoms with E-state index in [1.807, 2.05) is 0 Å². The highest BCUT2D eigenvalue weighted by atomic mass is 16.5. The van der Waals surface area contributed by atoms with E-state index in [9.17, 15) is 4.79 Å². The van der Waals surface area contributed by atoms with Gasteiger partial charge in [0.15, 0.2) is 0 Å². The van der Waals surface area contributed by atoms with Crippen molar-refractivity contribution >= 4 is 5.91 Å². The number of methoxy groups -OCH3 is 1. The second-order valence-electron chi connectivity index (χ2n) is 6.25. The van der Waals surface area contributed by atoms with Crippen LogP contribution in [-0.4, -0.2) is 39.3 Å². The maximum Gasteiger partial charge on any atom is 0.233 e. The monoisotopic (exact) mass is 270 g/mol. The van der Waals surface area contributed by atoms with Gasteiger partial charge in [-0.1, -0.05) is 26.7 Å². The van der Waals surface area contributed by atoms with Crippen LogP contribution >= 0.6 is 0 Å².